The zero-order chi connectivity index (χ0) is 19.7. The van der Waals surface area contributed by atoms with Crippen LogP contribution in [-0.2, 0) is 19.1 Å². The van der Waals surface area contributed by atoms with E-state index in [4.69, 9.17) is 26.7 Å². The van der Waals surface area contributed by atoms with E-state index >= 15 is 0 Å². The lowest BCUT2D eigenvalue weighted by Crippen LogP contribution is -2.40. The molecule has 1 rings (SSSR count). The van der Waals surface area contributed by atoms with Gasteiger partial charge in [-0.1, -0.05) is 23.7 Å². The zero-order valence-electron chi connectivity index (χ0n) is 14.4. The topological polar surface area (TPSA) is 125 Å². The zero-order valence-corrected chi connectivity index (χ0v) is 15.1. The highest BCUT2D eigenvalue weighted by molar-refractivity contribution is 6.30. The average molecular weight is 385 g/mol. The molecule has 0 saturated heterocycles. The van der Waals surface area contributed by atoms with Gasteiger partial charge in [-0.15, -0.1) is 5.16 Å². The predicted octanol–water partition coefficient (Wildman–Crippen LogP) is 2.04. The molecule has 142 valence electrons. The molecule has 3 N–H and O–H groups in total. The molecule has 0 saturated carbocycles. The van der Waals surface area contributed by atoms with Crippen molar-refractivity contribution >= 4 is 35.7 Å². The Hall–Kier alpha value is -2.61. The number of aliphatic carboxylic acids is 1. The van der Waals surface area contributed by atoms with Crippen LogP contribution < -0.4 is 5.32 Å². The van der Waals surface area contributed by atoms with Crippen molar-refractivity contribution < 1.29 is 29.4 Å². The Labute approximate surface area is 155 Å². The van der Waals surface area contributed by atoms with Gasteiger partial charge in [-0.25, -0.2) is 0 Å². The number of carbonyl (C=O) groups is 3. The number of nitrogens with one attached hydrogen (secondary N) is 1. The smallest absolute Gasteiger partial charge is 0.324 e. The van der Waals surface area contributed by atoms with Crippen LogP contribution in [0.4, 0.5) is 0 Å². The summed E-state index contributed by atoms with van der Waals surface area (Å²) in [5.74, 6) is -4.61. The molecule has 26 heavy (non-hydrogen) atoms. The molecule has 1 aromatic carbocycles. The van der Waals surface area contributed by atoms with E-state index in [0.717, 1.165) is 6.21 Å². The normalized spacial score (nSPS) is 13.4. The molecule has 2 atom stereocenters. The highest BCUT2D eigenvalue weighted by Crippen LogP contribution is 2.21. The predicted molar refractivity (Wildman–Crippen MR) is 94.5 cm³/mol. The minimum absolute atomic E-state index is 0.0303. The van der Waals surface area contributed by atoms with Gasteiger partial charge >= 0.3 is 11.9 Å². The fraction of sp³-hybridized carbons (Fsp3) is 0.412. The summed E-state index contributed by atoms with van der Waals surface area (Å²) in [5.41, 5.74) is 0.675. The third-order valence-corrected chi connectivity index (χ3v) is 3.64. The van der Waals surface area contributed by atoms with E-state index in [9.17, 15) is 14.4 Å². The lowest BCUT2D eigenvalue weighted by molar-refractivity contribution is -0.152. The van der Waals surface area contributed by atoms with Crippen LogP contribution in [-0.4, -0.2) is 47.0 Å². The SMILES string of the molecule is CC(C)OC(=O)C(/C=N/O)C(=O)NCC(CC(=O)O)c1ccc(Cl)cc1. The molecule has 1 amide bonds. The van der Waals surface area contributed by atoms with E-state index in [-0.39, 0.29) is 13.0 Å². The van der Waals surface area contributed by atoms with Gasteiger partial charge in [0.15, 0.2) is 5.92 Å². The molecule has 0 aliphatic heterocycles. The Balaban J connectivity index is 2.84. The Kier molecular flexibility index (Phi) is 8.57. The van der Waals surface area contributed by atoms with Crippen molar-refractivity contribution in [1.29, 1.82) is 0 Å². The second-order valence-electron chi connectivity index (χ2n) is 5.82. The van der Waals surface area contributed by atoms with Gasteiger partial charge in [0, 0.05) is 17.5 Å². The average Bonchev–Trinajstić information content (AvgIpc) is 2.56. The third kappa shape index (κ3) is 7.10. The third-order valence-electron chi connectivity index (χ3n) is 3.39. The minimum Gasteiger partial charge on any atom is -0.481 e. The van der Waals surface area contributed by atoms with Crippen LogP contribution in [0, 0.1) is 5.92 Å². The number of oxime groups is 1. The first-order chi connectivity index (χ1) is 12.2. The highest BCUT2D eigenvalue weighted by Gasteiger charge is 2.28. The highest BCUT2D eigenvalue weighted by atomic mass is 35.5. The maximum Gasteiger partial charge on any atom is 0.324 e. The molecule has 0 aromatic heterocycles. The van der Waals surface area contributed by atoms with Crippen LogP contribution >= 0.6 is 11.6 Å². The molecule has 9 heteroatoms. The standard InChI is InChI=1S/C17H21ClN2O6/c1-10(2)26-17(24)14(9-20-25)16(23)19-8-12(7-15(21)22)11-3-5-13(18)6-4-11/h3-6,9-10,12,14,25H,7-8H2,1-2H3,(H,19,23)(H,21,22)/b20-9+. The number of rotatable bonds is 9. The molecule has 0 heterocycles. The Morgan fingerprint density at radius 1 is 1.27 bits per heavy atom. The molecule has 8 nitrogen and oxygen atoms in total. The quantitative estimate of drug-likeness (QED) is 0.197. The number of benzene rings is 1. The molecule has 1 aromatic rings. The van der Waals surface area contributed by atoms with Crippen molar-refractivity contribution in [2.75, 3.05) is 6.54 Å². The lowest BCUT2D eigenvalue weighted by atomic mass is 9.95. The van der Waals surface area contributed by atoms with Crippen LogP contribution in [0.2, 0.25) is 5.02 Å². The minimum atomic E-state index is -1.43. The van der Waals surface area contributed by atoms with Crippen LogP contribution in [0.3, 0.4) is 0 Å². The summed E-state index contributed by atoms with van der Waals surface area (Å²) in [4.78, 5) is 35.3. The maximum atomic E-state index is 12.2. The van der Waals surface area contributed by atoms with Gasteiger partial charge in [-0.05, 0) is 31.5 Å². The number of amides is 1. The lowest BCUT2D eigenvalue weighted by Gasteiger charge is -2.18. The Bertz CT molecular complexity index is 660. The van der Waals surface area contributed by atoms with Gasteiger partial charge in [0.2, 0.25) is 5.91 Å². The Morgan fingerprint density at radius 2 is 1.88 bits per heavy atom. The van der Waals surface area contributed by atoms with E-state index < -0.39 is 35.8 Å². The largest absolute Gasteiger partial charge is 0.481 e. The number of carboxylic acids is 1. The second-order valence-corrected chi connectivity index (χ2v) is 6.26. The molecule has 0 aliphatic carbocycles. The first-order valence-electron chi connectivity index (χ1n) is 7.87. The molecular weight excluding hydrogens is 364 g/mol. The molecule has 0 bridgehead atoms. The number of esters is 1. The van der Waals surface area contributed by atoms with Gasteiger partial charge in [-0.3, -0.25) is 14.4 Å². The summed E-state index contributed by atoms with van der Waals surface area (Å²) in [6.07, 6.45) is 0.0878. The van der Waals surface area contributed by atoms with Crippen LogP contribution in [0.5, 0.6) is 0 Å². The van der Waals surface area contributed by atoms with Crippen molar-refractivity contribution in [3.63, 3.8) is 0 Å². The van der Waals surface area contributed by atoms with Crippen molar-refractivity contribution in [3.05, 3.63) is 34.9 Å². The number of nitrogens with zero attached hydrogens (tertiary/aromatic N) is 1. The van der Waals surface area contributed by atoms with E-state index in [2.05, 4.69) is 10.5 Å². The van der Waals surface area contributed by atoms with E-state index in [1.165, 1.54) is 0 Å². The second kappa shape index (κ2) is 10.4. The number of carbonyl (C=O) groups excluding carboxylic acids is 2. The van der Waals surface area contributed by atoms with E-state index in [1.807, 2.05) is 0 Å². The van der Waals surface area contributed by atoms with Gasteiger partial charge in [-0.2, -0.15) is 0 Å². The molecular formula is C17H21ClN2O6. The van der Waals surface area contributed by atoms with Crippen molar-refractivity contribution in [3.8, 4) is 0 Å². The number of ether oxygens (including phenoxy) is 1. The molecule has 0 spiro atoms. The van der Waals surface area contributed by atoms with Gasteiger partial charge in [0.05, 0.1) is 18.7 Å². The first kappa shape index (κ1) is 21.4. The summed E-state index contributed by atoms with van der Waals surface area (Å²) in [6.45, 7) is 3.20. The molecule has 2 unspecified atom stereocenters. The fourth-order valence-corrected chi connectivity index (χ4v) is 2.32. The van der Waals surface area contributed by atoms with Crippen molar-refractivity contribution in [2.45, 2.75) is 32.3 Å². The summed E-state index contributed by atoms with van der Waals surface area (Å²) in [5, 5.41) is 23.5. The Morgan fingerprint density at radius 3 is 2.38 bits per heavy atom. The fourth-order valence-electron chi connectivity index (χ4n) is 2.20. The van der Waals surface area contributed by atoms with Crippen LogP contribution in [0.1, 0.15) is 31.7 Å². The monoisotopic (exact) mass is 384 g/mol. The van der Waals surface area contributed by atoms with Gasteiger partial charge in [0.1, 0.15) is 0 Å². The summed E-state index contributed by atoms with van der Waals surface area (Å²) < 4.78 is 4.94. The molecule has 0 aliphatic rings. The number of halogens is 1. The van der Waals surface area contributed by atoms with Crippen LogP contribution in [0.25, 0.3) is 0 Å². The van der Waals surface area contributed by atoms with E-state index in [0.29, 0.717) is 10.6 Å². The summed E-state index contributed by atoms with van der Waals surface area (Å²) in [6, 6.07) is 6.58. The number of hydrogen-bond acceptors (Lipinski definition) is 6. The number of carboxylic acid groups (broad SMARTS) is 1. The molecule has 0 radical (unpaired) electrons. The molecule has 0 fully saturated rings. The van der Waals surface area contributed by atoms with Gasteiger partial charge in [0.25, 0.3) is 0 Å². The number of hydrogen-bond donors (Lipinski definition) is 3. The van der Waals surface area contributed by atoms with Crippen molar-refractivity contribution in [2.24, 2.45) is 11.1 Å². The first-order valence-corrected chi connectivity index (χ1v) is 8.25. The summed E-state index contributed by atoms with van der Waals surface area (Å²) in [7, 11) is 0. The summed E-state index contributed by atoms with van der Waals surface area (Å²) >= 11 is 5.83. The van der Waals surface area contributed by atoms with Crippen molar-refractivity contribution in [1.82, 2.24) is 5.32 Å². The van der Waals surface area contributed by atoms with E-state index in [1.54, 1.807) is 38.1 Å². The van der Waals surface area contributed by atoms with Crippen LogP contribution in [0.15, 0.2) is 29.4 Å². The van der Waals surface area contributed by atoms with Gasteiger partial charge < -0.3 is 20.4 Å². The maximum absolute atomic E-state index is 12.2.